The largest absolute Gasteiger partial charge is 0.481 e. The molecule has 0 spiro atoms. The molecular formula is C15H29NO4. The average Bonchev–Trinajstić information content (AvgIpc) is 2.43. The quantitative estimate of drug-likeness (QED) is 0.575. The van der Waals surface area contributed by atoms with E-state index in [1.165, 1.54) is 0 Å². The molecule has 1 atom stereocenters. The Balaban J connectivity index is 4.45. The second-order valence-electron chi connectivity index (χ2n) is 5.42. The third-order valence-electron chi connectivity index (χ3n) is 4.41. The number of nitrogens with one attached hydrogen (secondary N) is 1. The molecule has 0 aromatic heterocycles. The van der Waals surface area contributed by atoms with Crippen molar-refractivity contribution in [1.82, 2.24) is 5.32 Å². The summed E-state index contributed by atoms with van der Waals surface area (Å²) in [6.45, 7) is 7.76. The van der Waals surface area contributed by atoms with Crippen LogP contribution in [0.4, 0.5) is 0 Å². The van der Waals surface area contributed by atoms with Gasteiger partial charge >= 0.3 is 5.97 Å². The summed E-state index contributed by atoms with van der Waals surface area (Å²) in [5.41, 5.74) is -0.996. The zero-order valence-corrected chi connectivity index (χ0v) is 13.1. The summed E-state index contributed by atoms with van der Waals surface area (Å²) >= 11 is 0. The van der Waals surface area contributed by atoms with E-state index < -0.39 is 17.5 Å². The number of carboxylic acid groups (broad SMARTS) is 1. The number of aliphatic hydroxyl groups is 1. The van der Waals surface area contributed by atoms with Gasteiger partial charge in [-0.15, -0.1) is 0 Å². The smallest absolute Gasteiger partial charge is 0.310 e. The van der Waals surface area contributed by atoms with Crippen molar-refractivity contribution in [1.29, 1.82) is 0 Å². The van der Waals surface area contributed by atoms with Gasteiger partial charge in [0.15, 0.2) is 0 Å². The molecule has 0 aliphatic rings. The highest BCUT2D eigenvalue weighted by atomic mass is 16.4. The van der Waals surface area contributed by atoms with Crippen molar-refractivity contribution >= 4 is 11.9 Å². The lowest BCUT2D eigenvalue weighted by molar-refractivity contribution is -0.152. The van der Waals surface area contributed by atoms with Crippen molar-refractivity contribution in [2.75, 3.05) is 6.54 Å². The molecule has 0 aliphatic carbocycles. The van der Waals surface area contributed by atoms with E-state index in [4.69, 9.17) is 0 Å². The molecule has 0 heterocycles. The molecular weight excluding hydrogens is 258 g/mol. The highest BCUT2D eigenvalue weighted by molar-refractivity contribution is 5.84. The van der Waals surface area contributed by atoms with Crippen LogP contribution in [0.1, 0.15) is 59.8 Å². The van der Waals surface area contributed by atoms with Gasteiger partial charge in [0, 0.05) is 13.0 Å². The van der Waals surface area contributed by atoms with Crippen LogP contribution in [0.15, 0.2) is 0 Å². The second-order valence-corrected chi connectivity index (χ2v) is 5.42. The maximum atomic E-state index is 11.9. The van der Waals surface area contributed by atoms with Gasteiger partial charge in [-0.1, -0.05) is 40.5 Å². The summed E-state index contributed by atoms with van der Waals surface area (Å²) in [6.07, 6.45) is 1.94. The minimum atomic E-state index is -0.996. The Kier molecular flexibility index (Phi) is 8.46. The molecule has 0 bridgehead atoms. The Morgan fingerprint density at radius 3 is 1.95 bits per heavy atom. The number of carbonyl (C=O) groups excluding carboxylic acids is 1. The van der Waals surface area contributed by atoms with E-state index in [2.05, 4.69) is 5.32 Å². The van der Waals surface area contributed by atoms with Gasteiger partial charge in [0.1, 0.15) is 0 Å². The number of hydrogen-bond acceptors (Lipinski definition) is 3. The molecule has 0 saturated carbocycles. The van der Waals surface area contributed by atoms with Crippen LogP contribution in [0, 0.1) is 11.3 Å². The van der Waals surface area contributed by atoms with E-state index in [-0.39, 0.29) is 24.8 Å². The lowest BCUT2D eigenvalue weighted by Gasteiger charge is -2.26. The Hall–Kier alpha value is -1.10. The normalized spacial score (nSPS) is 13.3. The third-order valence-corrected chi connectivity index (χ3v) is 4.41. The van der Waals surface area contributed by atoms with Gasteiger partial charge in [0.25, 0.3) is 0 Å². The van der Waals surface area contributed by atoms with Crippen molar-refractivity contribution < 1.29 is 19.8 Å². The lowest BCUT2D eigenvalue weighted by Crippen LogP contribution is -2.40. The predicted molar refractivity (Wildman–Crippen MR) is 78.4 cm³/mol. The number of carbonyl (C=O) groups is 2. The zero-order chi connectivity index (χ0) is 15.8. The maximum absolute atomic E-state index is 11.9. The first-order valence-corrected chi connectivity index (χ1v) is 7.54. The van der Waals surface area contributed by atoms with Crippen molar-refractivity contribution in [3.05, 3.63) is 0 Å². The maximum Gasteiger partial charge on any atom is 0.310 e. The van der Waals surface area contributed by atoms with Crippen molar-refractivity contribution in [3.8, 4) is 0 Å². The molecule has 0 aromatic carbocycles. The average molecular weight is 287 g/mol. The van der Waals surface area contributed by atoms with Gasteiger partial charge < -0.3 is 15.5 Å². The van der Waals surface area contributed by atoms with Crippen LogP contribution in [0.5, 0.6) is 0 Å². The van der Waals surface area contributed by atoms with Crippen LogP contribution >= 0.6 is 0 Å². The number of rotatable bonds is 10. The molecule has 1 amide bonds. The first kappa shape index (κ1) is 18.9. The van der Waals surface area contributed by atoms with Crippen LogP contribution in [0.2, 0.25) is 0 Å². The van der Waals surface area contributed by atoms with E-state index in [1.807, 2.05) is 13.8 Å². The van der Waals surface area contributed by atoms with Crippen molar-refractivity contribution in [3.63, 3.8) is 0 Å². The molecule has 0 radical (unpaired) electrons. The van der Waals surface area contributed by atoms with Crippen molar-refractivity contribution in [2.45, 2.75) is 65.9 Å². The third kappa shape index (κ3) is 5.12. The standard InChI is InChI=1S/C15H29NO4/c1-5-11(6-2)12(17)10-16-13(18)9-15(7-3,8-4)14(19)20/h11-12,17H,5-10H2,1-4H3,(H,16,18)(H,19,20). The lowest BCUT2D eigenvalue weighted by atomic mass is 9.79. The summed E-state index contributed by atoms with van der Waals surface area (Å²) in [5, 5.41) is 21.9. The molecule has 0 aromatic rings. The zero-order valence-electron chi connectivity index (χ0n) is 13.1. The highest BCUT2D eigenvalue weighted by Crippen LogP contribution is 2.30. The van der Waals surface area contributed by atoms with Gasteiger partial charge in [-0.2, -0.15) is 0 Å². The monoisotopic (exact) mass is 287 g/mol. The Bertz CT molecular complexity index is 309. The van der Waals surface area contributed by atoms with Crippen LogP contribution in [0.3, 0.4) is 0 Å². The van der Waals surface area contributed by atoms with Crippen molar-refractivity contribution in [2.24, 2.45) is 11.3 Å². The molecule has 5 heteroatoms. The van der Waals surface area contributed by atoms with Gasteiger partial charge in [-0.25, -0.2) is 0 Å². The second kappa shape index (κ2) is 8.95. The summed E-state index contributed by atoms with van der Waals surface area (Å²) in [7, 11) is 0. The summed E-state index contributed by atoms with van der Waals surface area (Å²) in [5.74, 6) is -1.07. The first-order valence-electron chi connectivity index (χ1n) is 7.54. The van der Waals surface area contributed by atoms with Gasteiger partial charge in [-0.3, -0.25) is 9.59 Å². The van der Waals surface area contributed by atoms with Gasteiger partial charge in [0.2, 0.25) is 5.91 Å². The van der Waals surface area contributed by atoms with Gasteiger partial charge in [-0.05, 0) is 18.8 Å². The highest BCUT2D eigenvalue weighted by Gasteiger charge is 2.37. The molecule has 0 aliphatic heterocycles. The first-order chi connectivity index (χ1) is 9.36. The van der Waals surface area contributed by atoms with Crippen LogP contribution in [0.25, 0.3) is 0 Å². The Morgan fingerprint density at radius 1 is 1.10 bits per heavy atom. The fourth-order valence-corrected chi connectivity index (χ4v) is 2.47. The molecule has 1 unspecified atom stereocenters. The molecule has 0 fully saturated rings. The van der Waals surface area contributed by atoms with Crippen LogP contribution in [-0.2, 0) is 9.59 Å². The van der Waals surface area contributed by atoms with E-state index in [0.29, 0.717) is 12.8 Å². The topological polar surface area (TPSA) is 86.6 Å². The summed E-state index contributed by atoms with van der Waals surface area (Å²) in [6, 6.07) is 0. The number of amides is 1. The van der Waals surface area contributed by atoms with E-state index >= 15 is 0 Å². The van der Waals surface area contributed by atoms with E-state index in [0.717, 1.165) is 12.8 Å². The molecule has 0 saturated heterocycles. The molecule has 118 valence electrons. The SMILES string of the molecule is CCC(CC)C(O)CNC(=O)CC(CC)(CC)C(=O)O. The number of hydrogen-bond donors (Lipinski definition) is 3. The van der Waals surface area contributed by atoms with E-state index in [1.54, 1.807) is 13.8 Å². The molecule has 0 rings (SSSR count). The summed E-state index contributed by atoms with van der Waals surface area (Å²) in [4.78, 5) is 23.2. The Labute approximate surface area is 121 Å². The summed E-state index contributed by atoms with van der Waals surface area (Å²) < 4.78 is 0. The Morgan fingerprint density at radius 2 is 1.60 bits per heavy atom. The fourth-order valence-electron chi connectivity index (χ4n) is 2.47. The minimum absolute atomic E-state index is 0.0367. The number of aliphatic carboxylic acids is 1. The van der Waals surface area contributed by atoms with Gasteiger partial charge in [0.05, 0.1) is 11.5 Å². The minimum Gasteiger partial charge on any atom is -0.481 e. The molecule has 5 nitrogen and oxygen atoms in total. The van der Waals surface area contributed by atoms with Crippen LogP contribution < -0.4 is 5.32 Å². The number of aliphatic hydroxyl groups excluding tert-OH is 1. The molecule has 3 N–H and O–H groups in total. The number of carboxylic acids is 1. The van der Waals surface area contributed by atoms with Crippen LogP contribution in [-0.4, -0.2) is 34.7 Å². The predicted octanol–water partition coefficient (Wildman–Crippen LogP) is 2.18. The van der Waals surface area contributed by atoms with E-state index in [9.17, 15) is 19.8 Å². The molecule has 20 heavy (non-hydrogen) atoms. The fraction of sp³-hybridized carbons (Fsp3) is 0.867.